The highest BCUT2D eigenvalue weighted by Gasteiger charge is 2.17. The van der Waals surface area contributed by atoms with E-state index in [4.69, 9.17) is 0 Å². The summed E-state index contributed by atoms with van der Waals surface area (Å²) in [7, 11) is 0. The van der Waals surface area contributed by atoms with Crippen LogP contribution >= 0.6 is 0 Å². The van der Waals surface area contributed by atoms with E-state index in [1.54, 1.807) is 4.90 Å². The molecule has 116 valence electrons. The van der Waals surface area contributed by atoms with Crippen molar-refractivity contribution in [1.82, 2.24) is 0 Å². The number of rotatable bonds is 4. The van der Waals surface area contributed by atoms with Crippen LogP contribution < -0.4 is 10.2 Å². The molecule has 0 heterocycles. The number of benzene rings is 2. The van der Waals surface area contributed by atoms with Gasteiger partial charge in [-0.3, -0.25) is 4.90 Å². The second kappa shape index (κ2) is 7.12. The normalized spacial score (nSPS) is 10.6. The third kappa shape index (κ3) is 3.48. The van der Waals surface area contributed by atoms with Crippen LogP contribution in [0.4, 0.5) is 16.2 Å². The number of aryl methyl sites for hydroxylation is 1. The molecule has 0 atom stereocenters. The fraction of sp³-hybridized carbons (Fsp3) is 0.316. The summed E-state index contributed by atoms with van der Waals surface area (Å²) in [5, 5.41) is 3.10. The quantitative estimate of drug-likeness (QED) is 0.828. The first kappa shape index (κ1) is 16.1. The number of carbonyl (C=O) groups excluding carboxylic acids is 1. The summed E-state index contributed by atoms with van der Waals surface area (Å²) in [4.78, 5) is 14.4. The Bertz CT molecular complexity index is 635. The number of urea groups is 1. The molecular weight excluding hydrogens is 272 g/mol. The first-order valence-corrected chi connectivity index (χ1v) is 7.77. The molecule has 0 spiro atoms. The van der Waals surface area contributed by atoms with Crippen LogP contribution in [0.2, 0.25) is 0 Å². The lowest BCUT2D eigenvalue weighted by atomic mass is 9.98. The molecule has 0 aliphatic rings. The van der Waals surface area contributed by atoms with Crippen molar-refractivity contribution in [3.05, 3.63) is 59.7 Å². The van der Waals surface area contributed by atoms with Gasteiger partial charge in [-0.15, -0.1) is 0 Å². The van der Waals surface area contributed by atoms with Crippen molar-refractivity contribution in [1.29, 1.82) is 0 Å². The highest BCUT2D eigenvalue weighted by atomic mass is 16.2. The molecule has 2 rings (SSSR count). The molecule has 22 heavy (non-hydrogen) atoms. The number of nitrogens with zero attached hydrogens (tertiary/aromatic N) is 1. The van der Waals surface area contributed by atoms with Gasteiger partial charge in [0.05, 0.1) is 0 Å². The molecule has 0 bridgehead atoms. The lowest BCUT2D eigenvalue weighted by Crippen LogP contribution is -2.35. The Kier molecular flexibility index (Phi) is 5.21. The number of para-hydroxylation sites is 2. The van der Waals surface area contributed by atoms with Gasteiger partial charge in [-0.2, -0.15) is 0 Å². The molecule has 0 radical (unpaired) electrons. The van der Waals surface area contributed by atoms with Crippen molar-refractivity contribution < 1.29 is 4.79 Å². The lowest BCUT2D eigenvalue weighted by molar-refractivity contribution is 0.257. The van der Waals surface area contributed by atoms with Crippen LogP contribution in [0, 0.1) is 6.92 Å². The molecule has 0 aliphatic heterocycles. The van der Waals surface area contributed by atoms with E-state index in [0.717, 1.165) is 22.5 Å². The van der Waals surface area contributed by atoms with Crippen LogP contribution in [-0.2, 0) is 0 Å². The minimum atomic E-state index is -0.0927. The Morgan fingerprint density at radius 1 is 1.09 bits per heavy atom. The number of hydrogen-bond acceptors (Lipinski definition) is 1. The zero-order valence-corrected chi connectivity index (χ0v) is 13.8. The third-order valence-corrected chi connectivity index (χ3v) is 3.79. The number of amides is 2. The van der Waals surface area contributed by atoms with E-state index in [1.807, 2.05) is 56.3 Å². The van der Waals surface area contributed by atoms with Crippen molar-refractivity contribution in [2.75, 3.05) is 16.8 Å². The Morgan fingerprint density at radius 2 is 1.77 bits per heavy atom. The summed E-state index contributed by atoms with van der Waals surface area (Å²) in [5.74, 6) is 0.363. The molecule has 0 saturated heterocycles. The van der Waals surface area contributed by atoms with E-state index in [-0.39, 0.29) is 6.03 Å². The van der Waals surface area contributed by atoms with Crippen LogP contribution in [0.5, 0.6) is 0 Å². The summed E-state index contributed by atoms with van der Waals surface area (Å²) < 4.78 is 0. The van der Waals surface area contributed by atoms with Gasteiger partial charge in [0.15, 0.2) is 0 Å². The Labute approximate surface area is 133 Å². The number of anilines is 2. The van der Waals surface area contributed by atoms with E-state index >= 15 is 0 Å². The molecule has 0 fully saturated rings. The minimum Gasteiger partial charge on any atom is -0.307 e. The van der Waals surface area contributed by atoms with Gasteiger partial charge in [-0.1, -0.05) is 50.2 Å². The van der Waals surface area contributed by atoms with Gasteiger partial charge in [0.2, 0.25) is 0 Å². The standard InChI is InChI=1S/C19H24N2O/c1-5-21(16-11-7-6-8-12-16)19(22)20-18-15(4)10-9-13-17(18)14(2)3/h6-14H,5H2,1-4H3,(H,20,22). The van der Waals surface area contributed by atoms with Crippen LogP contribution in [0.3, 0.4) is 0 Å². The van der Waals surface area contributed by atoms with E-state index in [0.29, 0.717) is 12.5 Å². The number of carbonyl (C=O) groups is 1. The van der Waals surface area contributed by atoms with Crippen LogP contribution in [0.25, 0.3) is 0 Å². The maximum absolute atomic E-state index is 12.7. The molecule has 2 aromatic rings. The number of hydrogen-bond donors (Lipinski definition) is 1. The summed E-state index contributed by atoms with van der Waals surface area (Å²) in [6.07, 6.45) is 0. The first-order valence-electron chi connectivity index (χ1n) is 7.77. The predicted molar refractivity (Wildman–Crippen MR) is 93.7 cm³/mol. The maximum atomic E-state index is 12.7. The van der Waals surface area contributed by atoms with Gasteiger partial charge >= 0.3 is 6.03 Å². The van der Waals surface area contributed by atoms with E-state index in [9.17, 15) is 4.79 Å². The Hall–Kier alpha value is -2.29. The van der Waals surface area contributed by atoms with Crippen molar-refractivity contribution in [2.24, 2.45) is 0 Å². The zero-order chi connectivity index (χ0) is 16.1. The van der Waals surface area contributed by atoms with Crippen molar-refractivity contribution in [3.63, 3.8) is 0 Å². The van der Waals surface area contributed by atoms with Gasteiger partial charge in [0.1, 0.15) is 0 Å². The largest absolute Gasteiger partial charge is 0.326 e. The summed E-state index contributed by atoms with van der Waals surface area (Å²) in [5.41, 5.74) is 4.08. The monoisotopic (exact) mass is 296 g/mol. The van der Waals surface area contributed by atoms with Gasteiger partial charge in [-0.05, 0) is 43.0 Å². The molecule has 0 saturated carbocycles. The van der Waals surface area contributed by atoms with Gasteiger partial charge in [0.25, 0.3) is 0 Å². The van der Waals surface area contributed by atoms with E-state index in [2.05, 4.69) is 25.2 Å². The van der Waals surface area contributed by atoms with Gasteiger partial charge in [-0.25, -0.2) is 4.79 Å². The SMILES string of the molecule is CCN(C(=O)Nc1c(C)cccc1C(C)C)c1ccccc1. The summed E-state index contributed by atoms with van der Waals surface area (Å²) in [6.45, 7) is 8.91. The highest BCUT2D eigenvalue weighted by molar-refractivity contribution is 6.02. The first-order chi connectivity index (χ1) is 10.5. The zero-order valence-electron chi connectivity index (χ0n) is 13.8. The fourth-order valence-corrected chi connectivity index (χ4v) is 2.57. The lowest BCUT2D eigenvalue weighted by Gasteiger charge is -2.24. The van der Waals surface area contributed by atoms with Gasteiger partial charge < -0.3 is 5.32 Å². The highest BCUT2D eigenvalue weighted by Crippen LogP contribution is 2.28. The predicted octanol–water partition coefficient (Wildman–Crippen LogP) is 5.18. The molecular formula is C19H24N2O. The van der Waals surface area contributed by atoms with Crippen LogP contribution in [0.15, 0.2) is 48.5 Å². The van der Waals surface area contributed by atoms with Crippen molar-refractivity contribution >= 4 is 17.4 Å². The molecule has 0 unspecified atom stereocenters. The third-order valence-electron chi connectivity index (χ3n) is 3.79. The van der Waals surface area contributed by atoms with Crippen LogP contribution in [-0.4, -0.2) is 12.6 Å². The summed E-state index contributed by atoms with van der Waals surface area (Å²) in [6, 6.07) is 15.8. The topological polar surface area (TPSA) is 32.3 Å². The smallest absolute Gasteiger partial charge is 0.307 e. The maximum Gasteiger partial charge on any atom is 0.326 e. The molecule has 0 aliphatic carbocycles. The molecule has 2 amide bonds. The van der Waals surface area contributed by atoms with E-state index in [1.165, 1.54) is 0 Å². The number of nitrogens with one attached hydrogen (secondary N) is 1. The second-order valence-electron chi connectivity index (χ2n) is 5.70. The van der Waals surface area contributed by atoms with Crippen LogP contribution in [0.1, 0.15) is 37.8 Å². The van der Waals surface area contributed by atoms with Crippen molar-refractivity contribution in [3.8, 4) is 0 Å². The molecule has 0 aromatic heterocycles. The van der Waals surface area contributed by atoms with E-state index < -0.39 is 0 Å². The molecule has 3 nitrogen and oxygen atoms in total. The van der Waals surface area contributed by atoms with Gasteiger partial charge in [0, 0.05) is 17.9 Å². The van der Waals surface area contributed by atoms with Crippen molar-refractivity contribution in [2.45, 2.75) is 33.6 Å². The molecule has 2 aromatic carbocycles. The average molecular weight is 296 g/mol. The average Bonchev–Trinajstić information content (AvgIpc) is 2.51. The Balaban J connectivity index is 2.29. The fourth-order valence-electron chi connectivity index (χ4n) is 2.57. The molecule has 1 N–H and O–H groups in total. The Morgan fingerprint density at radius 3 is 2.36 bits per heavy atom. The minimum absolute atomic E-state index is 0.0927. The second-order valence-corrected chi connectivity index (χ2v) is 5.70. The summed E-state index contributed by atoms with van der Waals surface area (Å²) >= 11 is 0. The molecule has 3 heteroatoms.